The lowest BCUT2D eigenvalue weighted by Crippen LogP contribution is -2.58. The summed E-state index contributed by atoms with van der Waals surface area (Å²) in [5.74, 6) is -2.65. The van der Waals surface area contributed by atoms with Crippen LogP contribution >= 0.6 is 0 Å². The summed E-state index contributed by atoms with van der Waals surface area (Å²) in [6.07, 6.45) is 1.72. The molecule has 0 bridgehead atoms. The largest absolute Gasteiger partial charge is 0.480 e. The van der Waals surface area contributed by atoms with Crippen LogP contribution in [0, 0.1) is 17.8 Å². The van der Waals surface area contributed by atoms with Crippen molar-refractivity contribution in [2.45, 2.75) is 85.0 Å². The van der Waals surface area contributed by atoms with Gasteiger partial charge >= 0.3 is 5.97 Å². The molecule has 0 radical (unpaired) electrons. The fourth-order valence-corrected chi connectivity index (χ4v) is 3.67. The highest BCUT2D eigenvalue weighted by atomic mass is 16.4. The second-order valence-corrected chi connectivity index (χ2v) is 9.22. The van der Waals surface area contributed by atoms with E-state index in [9.17, 15) is 24.3 Å². The Bertz CT molecular complexity index is 635. The van der Waals surface area contributed by atoms with Gasteiger partial charge < -0.3 is 26.4 Å². The number of hydrogen-bond donors (Lipinski definition) is 4. The van der Waals surface area contributed by atoms with Gasteiger partial charge in [0.1, 0.15) is 18.1 Å². The van der Waals surface area contributed by atoms with Crippen LogP contribution in [0.15, 0.2) is 0 Å². The number of nitrogens with two attached hydrogens (primary N) is 1. The molecule has 4 unspecified atom stereocenters. The van der Waals surface area contributed by atoms with Gasteiger partial charge in [0, 0.05) is 6.54 Å². The Morgan fingerprint density at radius 3 is 2.03 bits per heavy atom. The van der Waals surface area contributed by atoms with Crippen molar-refractivity contribution in [2.24, 2.45) is 23.5 Å². The molecule has 0 aliphatic carbocycles. The molecule has 1 aliphatic heterocycles. The number of likely N-dealkylation sites (tertiary alicyclic amines) is 1. The van der Waals surface area contributed by atoms with Crippen LogP contribution in [-0.4, -0.2) is 64.4 Å². The third-order valence-electron chi connectivity index (χ3n) is 5.36. The van der Waals surface area contributed by atoms with Crippen molar-refractivity contribution in [3.8, 4) is 0 Å². The van der Waals surface area contributed by atoms with Gasteiger partial charge in [-0.3, -0.25) is 14.4 Å². The molecule has 9 heteroatoms. The molecule has 1 heterocycles. The van der Waals surface area contributed by atoms with Gasteiger partial charge in [-0.2, -0.15) is 0 Å². The summed E-state index contributed by atoms with van der Waals surface area (Å²) in [6.45, 7) is 11.4. The highest BCUT2D eigenvalue weighted by molar-refractivity contribution is 5.94. The van der Waals surface area contributed by atoms with Crippen LogP contribution in [0.1, 0.15) is 60.8 Å². The summed E-state index contributed by atoms with van der Waals surface area (Å²) in [6, 6.07) is -3.29. The summed E-state index contributed by atoms with van der Waals surface area (Å²) in [7, 11) is 0. The second-order valence-electron chi connectivity index (χ2n) is 9.22. The maximum absolute atomic E-state index is 12.9. The first kappa shape index (κ1) is 25.9. The lowest BCUT2D eigenvalue weighted by Gasteiger charge is -2.30. The topological polar surface area (TPSA) is 142 Å². The number of amides is 3. The molecule has 0 aromatic heterocycles. The predicted molar refractivity (Wildman–Crippen MR) is 113 cm³/mol. The van der Waals surface area contributed by atoms with E-state index in [0.717, 1.165) is 0 Å². The average molecular weight is 427 g/mol. The number of aliphatic carboxylic acids is 1. The SMILES string of the molecule is CC(C)CC(N)C(=O)N1CCCC1C(=O)NC(C(=O)NC(C(=O)O)C(C)C)C(C)C. The van der Waals surface area contributed by atoms with Crippen molar-refractivity contribution >= 4 is 23.7 Å². The minimum atomic E-state index is -1.13. The third kappa shape index (κ3) is 6.97. The predicted octanol–water partition coefficient (Wildman–Crippen LogP) is 0.717. The van der Waals surface area contributed by atoms with Gasteiger partial charge in [-0.15, -0.1) is 0 Å². The maximum Gasteiger partial charge on any atom is 0.326 e. The zero-order valence-electron chi connectivity index (χ0n) is 19.0. The molecule has 1 rings (SSSR count). The molecule has 0 aromatic carbocycles. The molecule has 0 saturated carbocycles. The van der Waals surface area contributed by atoms with Gasteiger partial charge in [0.05, 0.1) is 6.04 Å². The minimum absolute atomic E-state index is 0.252. The van der Waals surface area contributed by atoms with E-state index in [1.165, 1.54) is 4.90 Å². The summed E-state index contributed by atoms with van der Waals surface area (Å²) < 4.78 is 0. The van der Waals surface area contributed by atoms with E-state index in [0.29, 0.717) is 25.8 Å². The fraction of sp³-hybridized carbons (Fsp3) is 0.810. The minimum Gasteiger partial charge on any atom is -0.480 e. The lowest BCUT2D eigenvalue weighted by atomic mass is 9.99. The highest BCUT2D eigenvalue weighted by Crippen LogP contribution is 2.20. The molecule has 1 aliphatic rings. The van der Waals surface area contributed by atoms with E-state index in [1.807, 2.05) is 13.8 Å². The molecule has 3 amide bonds. The molecule has 4 atom stereocenters. The number of carbonyl (C=O) groups is 4. The van der Waals surface area contributed by atoms with E-state index in [2.05, 4.69) is 10.6 Å². The number of nitrogens with zero attached hydrogens (tertiary/aromatic N) is 1. The molecular weight excluding hydrogens is 388 g/mol. The summed E-state index contributed by atoms with van der Waals surface area (Å²) >= 11 is 0. The zero-order chi connectivity index (χ0) is 23.2. The molecule has 0 spiro atoms. The van der Waals surface area contributed by atoms with Gasteiger partial charge in [0.15, 0.2) is 0 Å². The van der Waals surface area contributed by atoms with Crippen molar-refractivity contribution in [1.82, 2.24) is 15.5 Å². The van der Waals surface area contributed by atoms with Gasteiger partial charge in [-0.1, -0.05) is 41.5 Å². The number of hydrogen-bond acceptors (Lipinski definition) is 5. The summed E-state index contributed by atoms with van der Waals surface area (Å²) in [5.41, 5.74) is 6.03. The Morgan fingerprint density at radius 2 is 1.57 bits per heavy atom. The first-order valence-electron chi connectivity index (χ1n) is 10.8. The molecule has 9 nitrogen and oxygen atoms in total. The Morgan fingerprint density at radius 1 is 1.00 bits per heavy atom. The van der Waals surface area contributed by atoms with Crippen LogP contribution in [0.3, 0.4) is 0 Å². The van der Waals surface area contributed by atoms with Gasteiger partial charge in [0.25, 0.3) is 0 Å². The standard InChI is InChI=1S/C21H38N4O5/c1-11(2)10-14(22)20(28)25-9-7-8-15(25)18(26)23-16(12(3)4)19(27)24-17(13(5)6)21(29)30/h11-17H,7-10,22H2,1-6H3,(H,23,26)(H,24,27)(H,29,30). The smallest absolute Gasteiger partial charge is 0.326 e. The number of carbonyl (C=O) groups excluding carboxylic acids is 3. The summed E-state index contributed by atoms with van der Waals surface area (Å²) in [5, 5.41) is 14.6. The number of carboxylic acids is 1. The van der Waals surface area contributed by atoms with Crippen LogP contribution < -0.4 is 16.4 Å². The van der Waals surface area contributed by atoms with Crippen molar-refractivity contribution in [3.05, 3.63) is 0 Å². The van der Waals surface area contributed by atoms with Gasteiger partial charge in [0.2, 0.25) is 17.7 Å². The molecular formula is C21H38N4O5. The van der Waals surface area contributed by atoms with Crippen molar-refractivity contribution in [3.63, 3.8) is 0 Å². The van der Waals surface area contributed by atoms with Crippen molar-refractivity contribution < 1.29 is 24.3 Å². The second kappa shape index (κ2) is 11.3. The molecule has 30 heavy (non-hydrogen) atoms. The molecule has 1 fully saturated rings. The number of rotatable bonds is 10. The zero-order valence-corrected chi connectivity index (χ0v) is 19.0. The van der Waals surface area contributed by atoms with Crippen molar-refractivity contribution in [1.29, 1.82) is 0 Å². The first-order chi connectivity index (χ1) is 13.9. The van der Waals surface area contributed by atoms with E-state index in [4.69, 9.17) is 5.73 Å². The van der Waals surface area contributed by atoms with Crippen LogP contribution in [0.5, 0.6) is 0 Å². The Balaban J connectivity index is 2.88. The van der Waals surface area contributed by atoms with E-state index in [1.54, 1.807) is 27.7 Å². The van der Waals surface area contributed by atoms with Crippen LogP contribution in [0.25, 0.3) is 0 Å². The lowest BCUT2D eigenvalue weighted by molar-refractivity contribution is -0.144. The van der Waals surface area contributed by atoms with Crippen LogP contribution in [0.4, 0.5) is 0 Å². The van der Waals surface area contributed by atoms with E-state index >= 15 is 0 Å². The molecule has 0 aromatic rings. The fourth-order valence-electron chi connectivity index (χ4n) is 3.67. The first-order valence-corrected chi connectivity index (χ1v) is 10.8. The number of carboxylic acid groups (broad SMARTS) is 1. The average Bonchev–Trinajstić information content (AvgIpc) is 3.11. The molecule has 1 saturated heterocycles. The van der Waals surface area contributed by atoms with E-state index < -0.39 is 42.0 Å². The van der Waals surface area contributed by atoms with E-state index in [-0.39, 0.29) is 23.7 Å². The maximum atomic E-state index is 12.9. The normalized spacial score (nSPS) is 19.7. The van der Waals surface area contributed by atoms with Gasteiger partial charge in [-0.05, 0) is 37.0 Å². The Kier molecular flexibility index (Phi) is 9.74. The quantitative estimate of drug-likeness (QED) is 0.405. The molecule has 5 N–H and O–H groups in total. The highest BCUT2D eigenvalue weighted by Gasteiger charge is 2.38. The summed E-state index contributed by atoms with van der Waals surface area (Å²) in [4.78, 5) is 51.3. The van der Waals surface area contributed by atoms with Gasteiger partial charge in [-0.25, -0.2) is 4.79 Å². The van der Waals surface area contributed by atoms with Crippen molar-refractivity contribution in [2.75, 3.05) is 6.54 Å². The Labute approximate surface area is 179 Å². The molecule has 172 valence electrons. The third-order valence-corrected chi connectivity index (χ3v) is 5.36. The number of nitrogens with one attached hydrogen (secondary N) is 2. The Hall–Kier alpha value is -2.16. The monoisotopic (exact) mass is 426 g/mol. The van der Waals surface area contributed by atoms with Crippen LogP contribution in [0.2, 0.25) is 0 Å². The van der Waals surface area contributed by atoms with Crippen LogP contribution in [-0.2, 0) is 19.2 Å².